The Kier molecular flexibility index (Phi) is 5.10. The molecule has 1 fully saturated rings. The Morgan fingerprint density at radius 1 is 1.42 bits per heavy atom. The molecule has 1 unspecified atom stereocenters. The molecule has 0 spiro atoms. The lowest BCUT2D eigenvalue weighted by molar-refractivity contribution is 0.136. The second-order valence-corrected chi connectivity index (χ2v) is 5.79. The highest BCUT2D eigenvalue weighted by Crippen LogP contribution is 2.22. The highest BCUT2D eigenvalue weighted by Gasteiger charge is 2.27. The Morgan fingerprint density at radius 3 is 3.00 bits per heavy atom. The van der Waals surface area contributed by atoms with Gasteiger partial charge >= 0.3 is 6.09 Å². The van der Waals surface area contributed by atoms with Gasteiger partial charge in [0, 0.05) is 13.1 Å². The summed E-state index contributed by atoms with van der Waals surface area (Å²) in [7, 11) is 0. The minimum absolute atomic E-state index is 0.00919. The van der Waals surface area contributed by atoms with Gasteiger partial charge in [0.15, 0.2) is 11.6 Å². The highest BCUT2D eigenvalue weighted by atomic mass is 35.5. The molecule has 0 radical (unpaired) electrons. The third-order valence-electron chi connectivity index (χ3n) is 3.72. The molecule has 0 saturated carbocycles. The van der Waals surface area contributed by atoms with Gasteiger partial charge in [0.05, 0.1) is 12.2 Å². The van der Waals surface area contributed by atoms with Gasteiger partial charge in [-0.15, -0.1) is 0 Å². The monoisotopic (exact) mass is 350 g/mol. The number of hydrogen-bond acceptors (Lipinski definition) is 5. The summed E-state index contributed by atoms with van der Waals surface area (Å²) in [5.41, 5.74) is 0.915. The lowest BCUT2D eigenvalue weighted by atomic mass is 10.2. The first kappa shape index (κ1) is 16.4. The number of alkyl carbamates (subject to hydrolysis) is 1. The summed E-state index contributed by atoms with van der Waals surface area (Å²) < 4.78 is 19.0. The number of nitrogens with one attached hydrogen (secondary N) is 1. The smallest absolute Gasteiger partial charge is 0.407 e. The largest absolute Gasteiger partial charge is 0.445 e. The van der Waals surface area contributed by atoms with Crippen molar-refractivity contribution >= 4 is 23.5 Å². The molecule has 8 heteroatoms. The number of aromatic nitrogens is 2. The van der Waals surface area contributed by atoms with Gasteiger partial charge in [-0.05, 0) is 23.6 Å². The van der Waals surface area contributed by atoms with Crippen molar-refractivity contribution in [1.29, 1.82) is 0 Å². The Morgan fingerprint density at radius 2 is 2.21 bits per heavy atom. The van der Waals surface area contributed by atoms with Gasteiger partial charge in [0.1, 0.15) is 6.61 Å². The molecule has 1 aliphatic rings. The van der Waals surface area contributed by atoms with Crippen LogP contribution in [0.2, 0.25) is 5.28 Å². The lowest BCUT2D eigenvalue weighted by Gasteiger charge is -2.18. The number of carbonyl (C=O) groups is 1. The zero-order chi connectivity index (χ0) is 16.9. The maximum absolute atomic E-state index is 13.8. The molecule has 1 atom stereocenters. The quantitative estimate of drug-likeness (QED) is 0.859. The minimum Gasteiger partial charge on any atom is -0.445 e. The molecule has 0 aliphatic carbocycles. The topological polar surface area (TPSA) is 67.4 Å². The zero-order valence-corrected chi connectivity index (χ0v) is 13.5. The molecule has 1 saturated heterocycles. The summed E-state index contributed by atoms with van der Waals surface area (Å²) in [5.74, 6) is -0.386. The maximum Gasteiger partial charge on any atom is 0.407 e. The van der Waals surface area contributed by atoms with E-state index in [4.69, 9.17) is 16.3 Å². The molecule has 1 aromatic carbocycles. The van der Waals surface area contributed by atoms with Crippen molar-refractivity contribution in [3.63, 3.8) is 0 Å². The van der Waals surface area contributed by atoms with Gasteiger partial charge < -0.3 is 15.0 Å². The van der Waals surface area contributed by atoms with Crippen LogP contribution in [0.3, 0.4) is 0 Å². The van der Waals surface area contributed by atoms with Gasteiger partial charge in [0.2, 0.25) is 5.28 Å². The van der Waals surface area contributed by atoms with Gasteiger partial charge in [0.25, 0.3) is 0 Å². The summed E-state index contributed by atoms with van der Waals surface area (Å²) in [4.78, 5) is 21.1. The first-order valence-corrected chi connectivity index (χ1v) is 7.90. The summed E-state index contributed by atoms with van der Waals surface area (Å²) in [6.07, 6.45) is 1.22. The minimum atomic E-state index is -0.535. The fraction of sp³-hybridized carbons (Fsp3) is 0.312. The molecule has 0 bridgehead atoms. The molecule has 1 aromatic heterocycles. The number of halogens is 2. The Bertz CT molecular complexity index is 716. The van der Waals surface area contributed by atoms with Crippen molar-refractivity contribution < 1.29 is 13.9 Å². The number of nitrogens with zero attached hydrogens (tertiary/aromatic N) is 3. The normalized spacial score (nSPS) is 16.9. The molecule has 2 aromatic rings. The molecule has 3 rings (SSSR count). The summed E-state index contributed by atoms with van der Waals surface area (Å²) in [5, 5.41) is 2.77. The maximum atomic E-state index is 13.8. The third kappa shape index (κ3) is 4.11. The molecule has 1 aliphatic heterocycles. The van der Waals surface area contributed by atoms with E-state index in [1.807, 2.05) is 30.3 Å². The average Bonchev–Trinajstić information content (AvgIpc) is 3.04. The molecule has 2 heterocycles. The number of carbonyl (C=O) groups excluding carboxylic acids is 1. The van der Waals surface area contributed by atoms with Gasteiger partial charge in [-0.2, -0.15) is 4.98 Å². The van der Waals surface area contributed by atoms with E-state index in [1.165, 1.54) is 0 Å². The SMILES string of the molecule is O=C(NC1CCN(c2nc(Cl)ncc2F)C1)OCc1ccccc1. The zero-order valence-electron chi connectivity index (χ0n) is 12.8. The van der Waals surface area contributed by atoms with Gasteiger partial charge in [-0.25, -0.2) is 14.2 Å². The number of amides is 1. The van der Waals surface area contributed by atoms with Crippen LogP contribution in [0.5, 0.6) is 0 Å². The molecule has 126 valence electrons. The number of hydrogen-bond donors (Lipinski definition) is 1. The van der Waals surface area contributed by atoms with Crippen LogP contribution in [0.15, 0.2) is 36.5 Å². The van der Waals surface area contributed by atoms with Crippen molar-refractivity contribution in [2.24, 2.45) is 0 Å². The van der Waals surface area contributed by atoms with Crippen molar-refractivity contribution in [3.8, 4) is 0 Å². The van der Waals surface area contributed by atoms with Crippen molar-refractivity contribution in [3.05, 3.63) is 53.2 Å². The second kappa shape index (κ2) is 7.44. The Balaban J connectivity index is 1.50. The second-order valence-electron chi connectivity index (χ2n) is 5.45. The van der Waals surface area contributed by atoms with Crippen molar-refractivity contribution in [2.75, 3.05) is 18.0 Å². The standard InChI is InChI=1S/C16H16ClFN4O2/c17-15-19-8-13(18)14(21-15)22-7-6-12(9-22)20-16(23)24-10-11-4-2-1-3-5-11/h1-5,8,12H,6-7,9-10H2,(H,20,23). The van der Waals surface area contributed by atoms with Crippen molar-refractivity contribution in [1.82, 2.24) is 15.3 Å². The van der Waals surface area contributed by atoms with Crippen LogP contribution in [0.25, 0.3) is 0 Å². The fourth-order valence-electron chi connectivity index (χ4n) is 2.56. The summed E-state index contributed by atoms with van der Waals surface area (Å²) in [6, 6.07) is 9.29. The predicted molar refractivity (Wildman–Crippen MR) is 87.4 cm³/mol. The van der Waals surface area contributed by atoms with E-state index in [1.54, 1.807) is 4.90 Å². The fourth-order valence-corrected chi connectivity index (χ4v) is 2.69. The number of anilines is 1. The first-order valence-electron chi connectivity index (χ1n) is 7.52. The van der Waals surface area contributed by atoms with E-state index in [2.05, 4.69) is 15.3 Å². The van der Waals surface area contributed by atoms with E-state index in [0.29, 0.717) is 19.5 Å². The number of benzene rings is 1. The van der Waals surface area contributed by atoms with Crippen LogP contribution in [0.4, 0.5) is 15.0 Å². The van der Waals surface area contributed by atoms with Crippen LogP contribution in [0.1, 0.15) is 12.0 Å². The van der Waals surface area contributed by atoms with Crippen LogP contribution >= 0.6 is 11.6 Å². The Labute approximate surface area is 143 Å². The predicted octanol–water partition coefficient (Wildman–Crippen LogP) is 2.77. The molecular weight excluding hydrogens is 335 g/mol. The highest BCUT2D eigenvalue weighted by molar-refractivity contribution is 6.28. The van der Waals surface area contributed by atoms with E-state index in [0.717, 1.165) is 11.8 Å². The van der Waals surface area contributed by atoms with Crippen LogP contribution in [-0.4, -0.2) is 35.2 Å². The lowest BCUT2D eigenvalue weighted by Crippen LogP contribution is -2.37. The molecular formula is C16H16ClFN4O2. The van der Waals surface area contributed by atoms with E-state index in [-0.39, 0.29) is 23.8 Å². The number of ether oxygens (including phenoxy) is 1. The van der Waals surface area contributed by atoms with Crippen LogP contribution in [0, 0.1) is 5.82 Å². The molecule has 24 heavy (non-hydrogen) atoms. The molecule has 1 N–H and O–H groups in total. The van der Waals surface area contributed by atoms with Crippen LogP contribution in [-0.2, 0) is 11.3 Å². The Hall–Kier alpha value is -2.41. The average molecular weight is 351 g/mol. The summed E-state index contributed by atoms with van der Waals surface area (Å²) in [6.45, 7) is 1.21. The number of rotatable bonds is 4. The molecule has 6 nitrogen and oxygen atoms in total. The van der Waals surface area contributed by atoms with E-state index < -0.39 is 11.9 Å². The van der Waals surface area contributed by atoms with Crippen molar-refractivity contribution in [2.45, 2.75) is 19.1 Å². The third-order valence-corrected chi connectivity index (χ3v) is 3.90. The van der Waals surface area contributed by atoms with Crippen LogP contribution < -0.4 is 10.2 Å². The van der Waals surface area contributed by atoms with Gasteiger partial charge in [-0.1, -0.05) is 30.3 Å². The summed E-state index contributed by atoms with van der Waals surface area (Å²) >= 11 is 5.71. The van der Waals surface area contributed by atoms with Gasteiger partial charge in [-0.3, -0.25) is 0 Å². The molecule has 1 amide bonds. The van der Waals surface area contributed by atoms with E-state index in [9.17, 15) is 9.18 Å². The first-order chi connectivity index (χ1) is 11.6. The van der Waals surface area contributed by atoms with E-state index >= 15 is 0 Å².